The van der Waals surface area contributed by atoms with Gasteiger partial charge in [0, 0.05) is 13.0 Å². The molecule has 0 saturated carbocycles. The standard InChI is InChI=1S/C8H15NO4/c1-8(12)2-3-13-5-6(8)9-4-7(10)11/h6,9,12H,2-5H2,1H3,(H,10,11)/t6-,8+/m0/s1. The molecule has 1 rings (SSSR count). The van der Waals surface area contributed by atoms with Crippen LogP contribution in [0, 0.1) is 0 Å². The van der Waals surface area contributed by atoms with E-state index in [0.717, 1.165) is 0 Å². The van der Waals surface area contributed by atoms with Crippen LogP contribution in [0.15, 0.2) is 0 Å². The Morgan fingerprint density at radius 1 is 1.85 bits per heavy atom. The molecule has 0 radical (unpaired) electrons. The summed E-state index contributed by atoms with van der Waals surface area (Å²) in [7, 11) is 0. The lowest BCUT2D eigenvalue weighted by molar-refractivity contribution is -0.702. The first kappa shape index (κ1) is 10.4. The van der Waals surface area contributed by atoms with Crippen LogP contribution in [0.25, 0.3) is 0 Å². The van der Waals surface area contributed by atoms with Crippen molar-refractivity contribution in [3.05, 3.63) is 0 Å². The first-order chi connectivity index (χ1) is 6.02. The molecule has 1 fully saturated rings. The lowest BCUT2D eigenvalue weighted by Crippen LogP contribution is -2.97. The van der Waals surface area contributed by atoms with E-state index in [1.807, 2.05) is 0 Å². The highest BCUT2D eigenvalue weighted by Crippen LogP contribution is 2.17. The van der Waals surface area contributed by atoms with Crippen molar-refractivity contribution in [3.63, 3.8) is 0 Å². The van der Waals surface area contributed by atoms with Crippen molar-refractivity contribution in [3.8, 4) is 0 Å². The van der Waals surface area contributed by atoms with Crippen LogP contribution in [0.1, 0.15) is 13.3 Å². The van der Waals surface area contributed by atoms with Crippen molar-refractivity contribution in [2.45, 2.75) is 25.0 Å². The monoisotopic (exact) mass is 189 g/mol. The second-order valence-electron chi connectivity index (χ2n) is 3.60. The molecular formula is C8H15NO4. The van der Waals surface area contributed by atoms with E-state index < -0.39 is 11.6 Å². The zero-order chi connectivity index (χ0) is 9.90. The Morgan fingerprint density at radius 2 is 2.54 bits per heavy atom. The minimum atomic E-state index is -1.12. The van der Waals surface area contributed by atoms with Crippen molar-refractivity contribution in [1.29, 1.82) is 0 Å². The van der Waals surface area contributed by atoms with Crippen molar-refractivity contribution in [2.75, 3.05) is 19.8 Å². The molecule has 0 aromatic rings. The van der Waals surface area contributed by atoms with Crippen LogP contribution in [-0.2, 0) is 9.53 Å². The second kappa shape index (κ2) is 4.04. The summed E-state index contributed by atoms with van der Waals surface area (Å²) in [6.07, 6.45) is 0.543. The molecule has 1 heterocycles. The average molecular weight is 189 g/mol. The van der Waals surface area contributed by atoms with E-state index in [1.54, 1.807) is 12.2 Å². The zero-order valence-electron chi connectivity index (χ0n) is 7.66. The van der Waals surface area contributed by atoms with Crippen molar-refractivity contribution in [1.82, 2.24) is 0 Å². The van der Waals surface area contributed by atoms with Gasteiger partial charge in [-0.1, -0.05) is 0 Å². The molecule has 0 spiro atoms. The minimum absolute atomic E-state index is 0.135. The summed E-state index contributed by atoms with van der Waals surface area (Å²) in [5.41, 5.74) is -0.840. The molecule has 1 aliphatic heterocycles. The van der Waals surface area contributed by atoms with Crippen LogP contribution >= 0.6 is 0 Å². The third-order valence-electron chi connectivity index (χ3n) is 2.42. The Bertz CT molecular complexity index is 193. The molecule has 1 saturated heterocycles. The van der Waals surface area contributed by atoms with Crippen molar-refractivity contribution in [2.24, 2.45) is 0 Å². The summed E-state index contributed by atoms with van der Waals surface area (Å²) in [5.74, 6) is -1.12. The first-order valence-corrected chi connectivity index (χ1v) is 4.35. The van der Waals surface area contributed by atoms with Gasteiger partial charge in [-0.25, -0.2) is 0 Å². The van der Waals surface area contributed by atoms with Crippen LogP contribution in [0.5, 0.6) is 0 Å². The Kier molecular flexibility index (Phi) is 3.24. The molecule has 1 aliphatic rings. The summed E-state index contributed by atoms with van der Waals surface area (Å²) >= 11 is 0. The third kappa shape index (κ3) is 2.95. The molecule has 76 valence electrons. The van der Waals surface area contributed by atoms with Crippen LogP contribution in [0.3, 0.4) is 0 Å². The van der Waals surface area contributed by atoms with E-state index in [2.05, 4.69) is 0 Å². The number of quaternary nitrogens is 1. The SMILES string of the molecule is C[C@@]1(O)CCOC[C@@H]1[NH2+]CC(=O)[O-]. The Labute approximate surface area is 76.7 Å². The van der Waals surface area contributed by atoms with Gasteiger partial charge >= 0.3 is 0 Å². The van der Waals surface area contributed by atoms with Gasteiger partial charge in [-0.05, 0) is 6.92 Å². The molecule has 5 heteroatoms. The lowest BCUT2D eigenvalue weighted by atomic mass is 9.91. The molecule has 13 heavy (non-hydrogen) atoms. The maximum Gasteiger partial charge on any atom is 0.139 e. The van der Waals surface area contributed by atoms with Crippen LogP contribution in [0.4, 0.5) is 0 Å². The predicted octanol–water partition coefficient (Wildman–Crippen LogP) is -3.16. The fourth-order valence-corrected chi connectivity index (χ4v) is 1.41. The van der Waals surface area contributed by atoms with Gasteiger partial charge in [-0.2, -0.15) is 0 Å². The van der Waals surface area contributed by atoms with E-state index >= 15 is 0 Å². The number of hydrogen-bond donors (Lipinski definition) is 2. The number of carboxylic acids is 1. The van der Waals surface area contributed by atoms with Gasteiger partial charge in [-0.3, -0.25) is 0 Å². The van der Waals surface area contributed by atoms with Gasteiger partial charge in [0.05, 0.1) is 5.97 Å². The van der Waals surface area contributed by atoms with Gasteiger partial charge in [0.2, 0.25) is 0 Å². The summed E-state index contributed by atoms with van der Waals surface area (Å²) < 4.78 is 5.15. The number of aliphatic hydroxyl groups is 1. The maximum absolute atomic E-state index is 10.2. The smallest absolute Gasteiger partial charge is 0.139 e. The first-order valence-electron chi connectivity index (χ1n) is 4.35. The Hall–Kier alpha value is -0.650. The number of hydrogen-bond acceptors (Lipinski definition) is 4. The van der Waals surface area contributed by atoms with Gasteiger partial charge in [0.15, 0.2) is 0 Å². The number of aliphatic carboxylic acids is 1. The number of nitrogens with two attached hydrogens (primary N) is 1. The molecule has 2 atom stereocenters. The van der Waals surface area contributed by atoms with Gasteiger partial charge < -0.3 is 25.1 Å². The van der Waals surface area contributed by atoms with Gasteiger partial charge in [0.1, 0.15) is 24.8 Å². The highest BCUT2D eigenvalue weighted by molar-refractivity contribution is 5.64. The fraction of sp³-hybridized carbons (Fsp3) is 0.875. The Balaban J connectivity index is 2.41. The highest BCUT2D eigenvalue weighted by Gasteiger charge is 2.37. The van der Waals surface area contributed by atoms with Crippen LogP contribution in [0.2, 0.25) is 0 Å². The second-order valence-corrected chi connectivity index (χ2v) is 3.60. The van der Waals surface area contributed by atoms with Crippen molar-refractivity contribution >= 4 is 5.97 Å². The summed E-state index contributed by atoms with van der Waals surface area (Å²) in [5, 5.41) is 21.6. The molecule has 5 nitrogen and oxygen atoms in total. The molecule has 0 amide bonds. The van der Waals surface area contributed by atoms with Crippen molar-refractivity contribution < 1.29 is 25.1 Å². The average Bonchev–Trinajstić information content (AvgIpc) is 2.01. The predicted molar refractivity (Wildman–Crippen MR) is 41.6 cm³/mol. The van der Waals surface area contributed by atoms with E-state index in [4.69, 9.17) is 4.74 Å². The Morgan fingerprint density at radius 3 is 3.08 bits per heavy atom. The number of ether oxygens (including phenoxy) is 1. The molecule has 0 aromatic heterocycles. The molecular weight excluding hydrogens is 174 g/mol. The summed E-state index contributed by atoms with van der Waals surface area (Å²) in [6.45, 7) is 2.49. The fourth-order valence-electron chi connectivity index (χ4n) is 1.41. The van der Waals surface area contributed by atoms with E-state index in [0.29, 0.717) is 19.6 Å². The van der Waals surface area contributed by atoms with Crippen LogP contribution < -0.4 is 10.4 Å². The molecule has 0 aromatic carbocycles. The number of carbonyl (C=O) groups excluding carboxylic acids is 1. The zero-order valence-corrected chi connectivity index (χ0v) is 7.66. The minimum Gasteiger partial charge on any atom is -0.544 e. The topological polar surface area (TPSA) is 86.2 Å². The van der Waals surface area contributed by atoms with E-state index in [-0.39, 0.29) is 12.6 Å². The van der Waals surface area contributed by atoms with Gasteiger partial charge in [0.25, 0.3) is 0 Å². The normalized spacial score (nSPS) is 34.5. The third-order valence-corrected chi connectivity index (χ3v) is 2.42. The lowest BCUT2D eigenvalue weighted by Gasteiger charge is -2.34. The quantitative estimate of drug-likeness (QED) is 0.490. The highest BCUT2D eigenvalue weighted by atomic mass is 16.5. The molecule has 3 N–H and O–H groups in total. The number of carbonyl (C=O) groups is 1. The van der Waals surface area contributed by atoms with E-state index in [1.165, 1.54) is 0 Å². The van der Waals surface area contributed by atoms with E-state index in [9.17, 15) is 15.0 Å². The molecule has 0 aliphatic carbocycles. The molecule has 0 unspecified atom stereocenters. The summed E-state index contributed by atoms with van der Waals surface area (Å²) in [4.78, 5) is 10.2. The largest absolute Gasteiger partial charge is 0.544 e. The summed E-state index contributed by atoms with van der Waals surface area (Å²) in [6, 6.07) is -0.209. The number of carboxylic acid groups (broad SMARTS) is 1. The number of rotatable bonds is 3. The maximum atomic E-state index is 10.2. The van der Waals surface area contributed by atoms with Gasteiger partial charge in [-0.15, -0.1) is 0 Å². The molecule has 0 bridgehead atoms. The van der Waals surface area contributed by atoms with Crippen LogP contribution in [-0.4, -0.2) is 42.5 Å².